The Morgan fingerprint density at radius 1 is 0.155 bits per heavy atom. The SMILES string of the molecule is [2H]C1([2H])OC(=O)c2ccc(cc2)C(=O)OC([2H])([2H])C([2H])([2H])OC(=O)c2ccc(cc2)C(=O)OC([2H])([2H])C([2H])([2H])OC(=O)c2ccc(cc2)C(=O)OC([2H])([2H])C([2H])([2H])OC(=O)c2ccc(cc2)C(=O)OC([2H])([2H])C([2H])([2H])OC(=O)c2ccc(cc2)C(=O)OC([2H])([2H])C([2H])([2H])OC(=O)c2ccc(cc2)C(=O)OC1([2H])[2H]. The summed E-state index contributed by atoms with van der Waals surface area (Å²) in [6.45, 7) is -46.4. The quantitative estimate of drug-likeness (QED) is 0.123. The van der Waals surface area contributed by atoms with E-state index in [1.54, 1.807) is 0 Å². The van der Waals surface area contributed by atoms with Gasteiger partial charge in [-0.15, -0.1) is 0 Å². The fourth-order valence-corrected chi connectivity index (χ4v) is 5.97. The summed E-state index contributed by atoms with van der Waals surface area (Å²) in [6, 6.07) is 17.4. The predicted molar refractivity (Wildman–Crippen MR) is 282 cm³/mol. The van der Waals surface area contributed by atoms with Gasteiger partial charge in [-0.2, -0.15) is 0 Å². The minimum Gasteiger partial charge on any atom is -0.458 e. The molecular formula is C60H48O24. The first-order chi connectivity index (χ1) is 49.4. The Morgan fingerprint density at radius 3 is 0.274 bits per heavy atom. The van der Waals surface area contributed by atoms with Gasteiger partial charge in [0, 0.05) is 0 Å². The second kappa shape index (κ2) is 30.5. The first-order valence-corrected chi connectivity index (χ1v) is 22.8. The van der Waals surface area contributed by atoms with Crippen LogP contribution in [0.3, 0.4) is 0 Å². The van der Waals surface area contributed by atoms with Crippen LogP contribution in [-0.2, 0) is 56.8 Å². The van der Waals surface area contributed by atoms with Crippen molar-refractivity contribution in [2.24, 2.45) is 0 Å². The molecule has 0 saturated heterocycles. The topological polar surface area (TPSA) is 316 Å². The number of rotatable bonds is 0. The largest absolute Gasteiger partial charge is 0.458 e. The van der Waals surface area contributed by atoms with Gasteiger partial charge in [0.15, 0.2) is 0 Å². The molecular weight excluding hydrogens is 1100 g/mol. The van der Waals surface area contributed by atoms with Crippen LogP contribution >= 0.6 is 0 Å². The zero-order valence-electron chi connectivity index (χ0n) is 65.7. The second-order valence-corrected chi connectivity index (χ2v) is 15.4. The maximum atomic E-state index is 13.0. The summed E-state index contributed by atoms with van der Waals surface area (Å²) in [4.78, 5) is 156. The summed E-state index contributed by atoms with van der Waals surface area (Å²) in [6.07, 6.45) is 0. The zero-order valence-corrected chi connectivity index (χ0v) is 41.7. The van der Waals surface area contributed by atoms with E-state index in [1.165, 1.54) is 0 Å². The van der Waals surface area contributed by atoms with Gasteiger partial charge in [-0.3, -0.25) is 0 Å². The van der Waals surface area contributed by atoms with Crippen LogP contribution < -0.4 is 0 Å². The molecule has 0 atom stereocenters. The number of carbonyl (C=O) groups excluding carboxylic acids is 12. The number of esters is 12. The molecule has 6 aromatic carbocycles. The summed E-state index contributed by atoms with van der Waals surface area (Å²) in [5.41, 5.74) is -7.89. The molecule has 24 heteroatoms. The van der Waals surface area contributed by atoms with Crippen LogP contribution in [0.15, 0.2) is 146 Å². The molecule has 0 radical (unpaired) electrons. The van der Waals surface area contributed by atoms with Crippen LogP contribution in [0, 0.1) is 0 Å². The molecule has 10 heterocycles. The van der Waals surface area contributed by atoms with E-state index in [1.807, 2.05) is 0 Å². The minimum atomic E-state index is -3.87. The summed E-state index contributed by atoms with van der Waals surface area (Å²) in [5, 5.41) is 0. The van der Waals surface area contributed by atoms with Crippen molar-refractivity contribution in [2.45, 2.75) is 0 Å². The molecule has 10 aliphatic heterocycles. The molecule has 10 aliphatic rings. The van der Waals surface area contributed by atoms with Crippen molar-refractivity contribution in [2.75, 3.05) is 78.7 Å². The second-order valence-electron chi connectivity index (χ2n) is 15.4. The van der Waals surface area contributed by atoms with Crippen molar-refractivity contribution >= 4 is 71.6 Å². The van der Waals surface area contributed by atoms with Crippen molar-refractivity contribution in [3.8, 4) is 0 Å². The maximum absolute atomic E-state index is 13.0. The normalized spacial score (nSPS) is 27.4. The summed E-state index contributed by atoms with van der Waals surface area (Å²) in [7, 11) is 0. The monoisotopic (exact) mass is 1180 g/mol. The van der Waals surface area contributed by atoms with Crippen LogP contribution in [-0.4, -0.2) is 150 Å². The third-order valence-corrected chi connectivity index (χ3v) is 10.1. The highest BCUT2D eigenvalue weighted by molar-refractivity contribution is 5.98. The van der Waals surface area contributed by atoms with Crippen molar-refractivity contribution in [3.63, 3.8) is 0 Å². The fourth-order valence-electron chi connectivity index (χ4n) is 5.97. The van der Waals surface area contributed by atoms with Crippen molar-refractivity contribution < 1.29 is 147 Å². The molecule has 6 aromatic rings. The number of benzene rings is 6. The molecule has 0 N–H and O–H groups in total. The van der Waals surface area contributed by atoms with E-state index in [4.69, 9.17) is 32.9 Å². The van der Waals surface area contributed by atoms with Gasteiger partial charge < -0.3 is 56.8 Å². The Kier molecular flexibility index (Phi) is 12.9. The van der Waals surface area contributed by atoms with Gasteiger partial charge in [0.25, 0.3) is 0 Å². The van der Waals surface area contributed by atoms with Gasteiger partial charge in [-0.05, 0) is 146 Å². The number of carbonyl (C=O) groups is 12. The van der Waals surface area contributed by atoms with Crippen molar-refractivity contribution in [3.05, 3.63) is 212 Å². The Labute approximate surface area is 509 Å². The predicted octanol–water partition coefficient (Wildman–Crippen LogP) is 6.08. The van der Waals surface area contributed by atoms with Crippen molar-refractivity contribution in [1.29, 1.82) is 0 Å². The van der Waals surface area contributed by atoms with Gasteiger partial charge in [0.2, 0.25) is 0 Å². The third kappa shape index (κ3) is 18.0. The smallest absolute Gasteiger partial charge is 0.338 e. The number of ether oxygens (including phenoxy) is 12. The summed E-state index contributed by atoms with van der Waals surface area (Å²) in [5.74, 6) is -20.3. The van der Waals surface area contributed by atoms with E-state index in [2.05, 4.69) is 56.8 Å². The Bertz CT molecular complexity index is 3510. The van der Waals surface area contributed by atoms with Crippen LogP contribution in [0.2, 0.25) is 0 Å². The van der Waals surface area contributed by atoms with Gasteiger partial charge in [0.1, 0.15) is 78.7 Å². The molecule has 0 saturated carbocycles. The number of hydrogen-bond acceptors (Lipinski definition) is 24. The van der Waals surface area contributed by atoms with Crippen LogP contribution in [0.1, 0.15) is 157 Å². The van der Waals surface area contributed by atoms with Crippen LogP contribution in [0.5, 0.6) is 0 Å². The van der Waals surface area contributed by atoms with Gasteiger partial charge in [0.05, 0.1) is 99.7 Å². The number of hydrogen-bond donors (Lipinski definition) is 0. The molecule has 0 unspecified atom stereocenters. The van der Waals surface area contributed by atoms with Crippen LogP contribution in [0.25, 0.3) is 0 Å². The van der Waals surface area contributed by atoms with E-state index in [0.29, 0.717) is 0 Å². The third-order valence-electron chi connectivity index (χ3n) is 10.1. The Morgan fingerprint density at radius 2 is 0.214 bits per heavy atom. The highest BCUT2D eigenvalue weighted by Crippen LogP contribution is 2.15. The minimum absolute atomic E-state index is 0.657. The van der Waals surface area contributed by atoms with E-state index >= 15 is 0 Å². The maximum Gasteiger partial charge on any atom is 0.338 e. The molecule has 0 aromatic heterocycles. The van der Waals surface area contributed by atoms with Gasteiger partial charge >= 0.3 is 71.6 Å². The summed E-state index contributed by atoms with van der Waals surface area (Å²) < 4.78 is 250. The fraction of sp³-hybridized carbons (Fsp3) is 0.200. The lowest BCUT2D eigenvalue weighted by molar-refractivity contribution is 0.0260. The first kappa shape index (κ1) is 35.6. The molecule has 0 aliphatic carbocycles. The lowest BCUT2D eigenvalue weighted by Crippen LogP contribution is -2.16. The average molecular weight is 1180 g/mol. The Balaban J connectivity index is 1.08. The molecule has 0 spiro atoms. The highest BCUT2D eigenvalue weighted by atomic mass is 16.6. The van der Waals surface area contributed by atoms with Gasteiger partial charge in [-0.1, -0.05) is 0 Å². The molecule has 0 fully saturated rings. The average Bonchev–Trinajstić information content (AvgIpc) is 0.803. The van der Waals surface area contributed by atoms with E-state index in [0.717, 1.165) is 146 Å². The van der Waals surface area contributed by atoms with Gasteiger partial charge in [-0.25, -0.2) is 57.5 Å². The first-order valence-electron chi connectivity index (χ1n) is 34.8. The lowest BCUT2D eigenvalue weighted by atomic mass is 10.1. The molecule has 0 amide bonds. The summed E-state index contributed by atoms with van der Waals surface area (Å²) >= 11 is 0. The molecule has 84 heavy (non-hydrogen) atoms. The lowest BCUT2D eigenvalue weighted by Gasteiger charge is -2.09. The Hall–Kier alpha value is -11.0. The van der Waals surface area contributed by atoms with Crippen LogP contribution in [0.4, 0.5) is 0 Å². The highest BCUT2D eigenvalue weighted by Gasteiger charge is 2.19. The van der Waals surface area contributed by atoms with E-state index in [9.17, 15) is 57.5 Å². The van der Waals surface area contributed by atoms with E-state index in [-0.39, 0.29) is 0 Å². The molecule has 24 nitrogen and oxygen atoms in total. The standard InChI is InChI=1S/C60H48O24/c61-49-37-1-2-38(4-3-37)50(62)74-27-28-76-52(64)40-9-11-42(12-10-40)54(66)78-31-32-80-56(68)44-17-19-46(20-18-44)58(70)82-35-36-84-60(72)48-23-21-47(22-24-48)59(71)83-34-33-81-57(69)45-15-13-43(14-16-45)55(67)79-30-29-77-53(65)41-7-5-39(6-8-41)51(63)75-26-25-73-49/h1-24H,25-36H2/i25D2,26D2,27D2,28D2,29D2,30D2,31D2,32D2,33D2,34D2,35D2,36D2. The molecule has 432 valence electrons. The van der Waals surface area contributed by atoms with Crippen molar-refractivity contribution in [1.82, 2.24) is 0 Å². The van der Waals surface area contributed by atoms with E-state index < -0.39 is 217 Å². The zero-order chi connectivity index (χ0) is 81.3. The molecule has 12 bridgehead atoms. The molecule has 16 rings (SSSR count).